The van der Waals surface area contributed by atoms with Gasteiger partial charge in [0, 0.05) is 39.4 Å². The Morgan fingerprint density at radius 3 is 1.71 bits per heavy atom. The average molecular weight is 513 g/mol. The SMILES string of the molecule is Cn1c2c(c(=O)n(C)c1=O)C1(C(=O)N(Cc3ccccc3)c3ccccc31)c1c(n(C)c(=O)n(C)c1=O)N2. The third kappa shape index (κ3) is 2.70. The summed E-state index contributed by atoms with van der Waals surface area (Å²) in [4.78, 5) is 70.0. The van der Waals surface area contributed by atoms with E-state index in [-0.39, 0.29) is 29.3 Å². The molecule has 1 amide bonds. The number of nitrogens with one attached hydrogen (secondary N) is 1. The fraction of sp³-hybridized carbons (Fsp3) is 0.222. The standard InChI is InChI=1S/C27H24N6O5/c1-29-20-18(22(34)31(3)25(29)37)27(19-21(28-20)30(2)26(38)32(4)23(19)35)16-12-8-9-13-17(16)33(24(27)36)14-15-10-6-5-7-11-15/h5-13,28H,14H2,1-4H3. The minimum Gasteiger partial charge on any atom is -0.327 e. The molecule has 0 atom stereocenters. The number of carbonyl (C=O) groups is 1. The summed E-state index contributed by atoms with van der Waals surface area (Å²) in [5.74, 6) is -0.407. The summed E-state index contributed by atoms with van der Waals surface area (Å²) in [6.45, 7) is 0.189. The molecule has 2 aromatic carbocycles. The van der Waals surface area contributed by atoms with Gasteiger partial charge in [-0.25, -0.2) is 9.59 Å². The Balaban J connectivity index is 1.83. The molecule has 38 heavy (non-hydrogen) atoms. The maximum Gasteiger partial charge on any atom is 0.332 e. The van der Waals surface area contributed by atoms with Gasteiger partial charge >= 0.3 is 11.4 Å². The van der Waals surface area contributed by atoms with Gasteiger partial charge in [0.2, 0.25) is 5.91 Å². The van der Waals surface area contributed by atoms with Gasteiger partial charge in [-0.15, -0.1) is 0 Å². The first-order valence-electron chi connectivity index (χ1n) is 12.0. The number of nitrogens with zero attached hydrogens (tertiary/aromatic N) is 5. The van der Waals surface area contributed by atoms with Crippen molar-refractivity contribution in [3.63, 3.8) is 0 Å². The molecule has 6 rings (SSSR count). The molecular formula is C27H24N6O5. The highest BCUT2D eigenvalue weighted by atomic mass is 16.2. The Morgan fingerprint density at radius 2 is 1.16 bits per heavy atom. The van der Waals surface area contributed by atoms with E-state index in [9.17, 15) is 24.0 Å². The monoisotopic (exact) mass is 512 g/mol. The predicted molar refractivity (Wildman–Crippen MR) is 141 cm³/mol. The minimum absolute atomic E-state index is 0.0432. The maximum absolute atomic E-state index is 14.8. The fourth-order valence-electron chi connectivity index (χ4n) is 5.75. The van der Waals surface area contributed by atoms with Gasteiger partial charge < -0.3 is 10.2 Å². The van der Waals surface area contributed by atoms with Crippen LogP contribution in [0.2, 0.25) is 0 Å². The van der Waals surface area contributed by atoms with E-state index in [0.29, 0.717) is 11.3 Å². The maximum atomic E-state index is 14.8. The van der Waals surface area contributed by atoms with Crippen molar-refractivity contribution in [3.8, 4) is 0 Å². The molecule has 2 aromatic heterocycles. The topological polar surface area (TPSA) is 120 Å². The normalized spacial score (nSPS) is 14.7. The number of para-hydroxylation sites is 1. The van der Waals surface area contributed by atoms with Crippen molar-refractivity contribution in [2.45, 2.75) is 12.0 Å². The number of amides is 1. The van der Waals surface area contributed by atoms with Crippen molar-refractivity contribution in [2.24, 2.45) is 28.2 Å². The molecule has 1 spiro atoms. The summed E-state index contributed by atoms with van der Waals surface area (Å²) in [7, 11) is 5.61. The molecule has 0 saturated heterocycles. The summed E-state index contributed by atoms with van der Waals surface area (Å²) < 4.78 is 4.29. The second-order valence-corrected chi connectivity index (χ2v) is 9.63. The first kappa shape index (κ1) is 23.5. The molecule has 0 aliphatic carbocycles. The zero-order valence-electron chi connectivity index (χ0n) is 21.2. The van der Waals surface area contributed by atoms with Crippen molar-refractivity contribution in [3.05, 3.63) is 119 Å². The van der Waals surface area contributed by atoms with E-state index in [1.54, 1.807) is 29.2 Å². The number of aromatic nitrogens is 4. The smallest absolute Gasteiger partial charge is 0.327 e. The first-order valence-corrected chi connectivity index (χ1v) is 12.0. The van der Waals surface area contributed by atoms with Crippen LogP contribution in [-0.4, -0.2) is 24.2 Å². The molecule has 192 valence electrons. The summed E-state index contributed by atoms with van der Waals surface area (Å²) >= 11 is 0. The predicted octanol–water partition coefficient (Wildman–Crippen LogP) is 0.420. The third-order valence-corrected chi connectivity index (χ3v) is 7.66. The van der Waals surface area contributed by atoms with E-state index in [1.807, 2.05) is 30.3 Å². The minimum atomic E-state index is -1.90. The molecule has 2 aliphatic heterocycles. The number of rotatable bonds is 2. The number of hydrogen-bond acceptors (Lipinski definition) is 6. The third-order valence-electron chi connectivity index (χ3n) is 7.66. The van der Waals surface area contributed by atoms with E-state index >= 15 is 0 Å². The van der Waals surface area contributed by atoms with Gasteiger partial charge in [0.15, 0.2) is 0 Å². The lowest BCUT2D eigenvalue weighted by molar-refractivity contribution is -0.121. The molecule has 11 heteroatoms. The van der Waals surface area contributed by atoms with Gasteiger partial charge in [0.1, 0.15) is 17.1 Å². The van der Waals surface area contributed by atoms with Crippen LogP contribution < -0.4 is 32.7 Å². The zero-order valence-corrected chi connectivity index (χ0v) is 21.2. The Kier molecular flexibility index (Phi) is 4.81. The van der Waals surface area contributed by atoms with E-state index in [1.165, 1.54) is 37.3 Å². The number of hydrogen-bond donors (Lipinski definition) is 1. The number of carbonyl (C=O) groups excluding carboxylic acids is 1. The van der Waals surface area contributed by atoms with Gasteiger partial charge in [0.25, 0.3) is 11.1 Å². The van der Waals surface area contributed by atoms with Crippen molar-refractivity contribution in [1.29, 1.82) is 0 Å². The lowest BCUT2D eigenvalue weighted by Crippen LogP contribution is -2.56. The fourth-order valence-corrected chi connectivity index (χ4v) is 5.75. The second kappa shape index (κ2) is 7.78. The van der Waals surface area contributed by atoms with Crippen LogP contribution in [0.1, 0.15) is 22.3 Å². The quantitative estimate of drug-likeness (QED) is 0.416. The average Bonchev–Trinajstić information content (AvgIpc) is 3.16. The Morgan fingerprint density at radius 1 is 0.658 bits per heavy atom. The summed E-state index contributed by atoms with van der Waals surface area (Å²) in [5.41, 5.74) is -2.82. The Hall–Kier alpha value is -4.93. The second-order valence-electron chi connectivity index (χ2n) is 9.63. The van der Waals surface area contributed by atoms with Crippen LogP contribution in [0.4, 0.5) is 17.3 Å². The Labute approximate surface area is 215 Å². The van der Waals surface area contributed by atoms with Crippen LogP contribution in [0.15, 0.2) is 73.8 Å². The summed E-state index contributed by atoms with van der Waals surface area (Å²) in [6, 6.07) is 16.4. The molecule has 0 radical (unpaired) electrons. The van der Waals surface area contributed by atoms with Crippen molar-refractivity contribution >= 4 is 23.2 Å². The van der Waals surface area contributed by atoms with Gasteiger partial charge in [-0.3, -0.25) is 32.7 Å². The van der Waals surface area contributed by atoms with Crippen LogP contribution >= 0.6 is 0 Å². The number of anilines is 3. The molecule has 2 aliphatic rings. The summed E-state index contributed by atoms with van der Waals surface area (Å²) in [5, 5.41) is 2.99. The van der Waals surface area contributed by atoms with Crippen LogP contribution in [0, 0.1) is 0 Å². The van der Waals surface area contributed by atoms with Crippen molar-refractivity contribution < 1.29 is 4.79 Å². The van der Waals surface area contributed by atoms with Crippen LogP contribution in [0.3, 0.4) is 0 Å². The molecule has 0 fully saturated rings. The van der Waals surface area contributed by atoms with Crippen LogP contribution in [-0.2, 0) is 44.9 Å². The van der Waals surface area contributed by atoms with Crippen molar-refractivity contribution in [1.82, 2.24) is 18.3 Å². The van der Waals surface area contributed by atoms with Gasteiger partial charge in [-0.05, 0) is 11.6 Å². The van der Waals surface area contributed by atoms with Crippen molar-refractivity contribution in [2.75, 3.05) is 10.2 Å². The highest BCUT2D eigenvalue weighted by Crippen LogP contribution is 2.54. The molecule has 11 nitrogen and oxygen atoms in total. The highest BCUT2D eigenvalue weighted by molar-refractivity contribution is 6.15. The molecule has 4 heterocycles. The van der Waals surface area contributed by atoms with Gasteiger partial charge in [-0.2, -0.15) is 0 Å². The lowest BCUT2D eigenvalue weighted by atomic mass is 9.69. The van der Waals surface area contributed by atoms with E-state index in [0.717, 1.165) is 14.7 Å². The highest BCUT2D eigenvalue weighted by Gasteiger charge is 2.61. The molecule has 0 bridgehead atoms. The van der Waals surface area contributed by atoms with Gasteiger partial charge in [-0.1, -0.05) is 48.5 Å². The number of benzene rings is 2. The van der Waals surface area contributed by atoms with Crippen LogP contribution in [0.5, 0.6) is 0 Å². The molecular weight excluding hydrogens is 488 g/mol. The lowest BCUT2D eigenvalue weighted by Gasteiger charge is -2.37. The van der Waals surface area contributed by atoms with E-state index < -0.39 is 33.8 Å². The largest absolute Gasteiger partial charge is 0.332 e. The van der Waals surface area contributed by atoms with Gasteiger partial charge in [0.05, 0.1) is 17.7 Å². The molecule has 0 unspecified atom stereocenters. The first-order chi connectivity index (χ1) is 18.1. The Bertz CT molecular complexity index is 1840. The van der Waals surface area contributed by atoms with E-state index in [2.05, 4.69) is 5.32 Å². The zero-order chi connectivity index (χ0) is 27.1. The molecule has 1 N–H and O–H groups in total. The van der Waals surface area contributed by atoms with Crippen LogP contribution in [0.25, 0.3) is 0 Å². The molecule has 4 aromatic rings. The van der Waals surface area contributed by atoms with E-state index in [4.69, 9.17) is 0 Å². The number of fused-ring (bicyclic) bond motifs is 6. The summed E-state index contributed by atoms with van der Waals surface area (Å²) in [6.07, 6.45) is 0. The molecule has 0 saturated carbocycles.